The summed E-state index contributed by atoms with van der Waals surface area (Å²) in [7, 11) is 0. The van der Waals surface area contributed by atoms with Crippen molar-refractivity contribution in [3.8, 4) is 0 Å². The van der Waals surface area contributed by atoms with Gasteiger partial charge in [0.2, 0.25) is 0 Å². The van der Waals surface area contributed by atoms with Crippen LogP contribution in [-0.4, -0.2) is 21.4 Å². The van der Waals surface area contributed by atoms with Crippen LogP contribution in [0.15, 0.2) is 42.7 Å². The molecule has 1 aliphatic rings. The summed E-state index contributed by atoms with van der Waals surface area (Å²) in [5, 5.41) is 1.02. The molecule has 3 aromatic rings. The van der Waals surface area contributed by atoms with Gasteiger partial charge in [-0.3, -0.25) is 9.88 Å². The van der Waals surface area contributed by atoms with E-state index in [1.54, 1.807) is 6.07 Å². The number of fused-ring (bicyclic) bond motifs is 3. The second kappa shape index (κ2) is 4.97. The Balaban J connectivity index is 1.50. The van der Waals surface area contributed by atoms with Crippen LogP contribution in [0.4, 0.5) is 4.39 Å². The molecule has 0 radical (unpaired) electrons. The van der Waals surface area contributed by atoms with Crippen molar-refractivity contribution in [3.05, 3.63) is 65.4 Å². The average Bonchev–Trinajstić information content (AvgIpc) is 3.04. The topological polar surface area (TPSA) is 31.9 Å². The Morgan fingerprint density at radius 1 is 1.14 bits per heavy atom. The van der Waals surface area contributed by atoms with Gasteiger partial charge >= 0.3 is 0 Å². The van der Waals surface area contributed by atoms with Gasteiger partial charge in [0.25, 0.3) is 0 Å². The van der Waals surface area contributed by atoms with Crippen LogP contribution in [0, 0.1) is 5.82 Å². The molecule has 0 amide bonds. The number of rotatable bonds is 3. The normalized spacial score (nSPS) is 14.7. The lowest BCUT2D eigenvalue weighted by molar-refractivity contribution is 0.286. The van der Waals surface area contributed by atoms with Crippen LogP contribution >= 0.6 is 0 Å². The van der Waals surface area contributed by atoms with Gasteiger partial charge in [-0.25, -0.2) is 4.39 Å². The SMILES string of the molecule is Fc1ccc2[nH]c3c(c2c1)CN(CCc1ccncc1)C3. The lowest BCUT2D eigenvalue weighted by Crippen LogP contribution is -2.19. The molecule has 3 nitrogen and oxygen atoms in total. The van der Waals surface area contributed by atoms with Crippen LogP contribution < -0.4 is 0 Å². The van der Waals surface area contributed by atoms with Crippen molar-refractivity contribution in [2.45, 2.75) is 19.5 Å². The van der Waals surface area contributed by atoms with Crippen LogP contribution in [0.5, 0.6) is 0 Å². The van der Waals surface area contributed by atoms with E-state index in [9.17, 15) is 4.39 Å². The molecule has 0 bridgehead atoms. The zero-order valence-electron chi connectivity index (χ0n) is 11.6. The van der Waals surface area contributed by atoms with Gasteiger partial charge in [-0.05, 0) is 47.9 Å². The monoisotopic (exact) mass is 281 g/mol. The Bertz CT molecular complexity index is 779. The molecule has 0 saturated heterocycles. The molecule has 0 aliphatic carbocycles. The molecule has 106 valence electrons. The summed E-state index contributed by atoms with van der Waals surface area (Å²) in [4.78, 5) is 9.85. The van der Waals surface area contributed by atoms with E-state index in [0.717, 1.165) is 37.0 Å². The predicted octanol–water partition coefficient (Wildman–Crippen LogP) is 3.26. The fourth-order valence-corrected chi connectivity index (χ4v) is 3.09. The Hall–Kier alpha value is -2.20. The highest BCUT2D eigenvalue weighted by molar-refractivity contribution is 5.85. The Morgan fingerprint density at radius 2 is 2.00 bits per heavy atom. The van der Waals surface area contributed by atoms with Crippen molar-refractivity contribution in [1.29, 1.82) is 0 Å². The van der Waals surface area contributed by atoms with Crippen molar-refractivity contribution in [1.82, 2.24) is 14.9 Å². The fraction of sp³-hybridized carbons (Fsp3) is 0.235. The smallest absolute Gasteiger partial charge is 0.123 e. The minimum atomic E-state index is -0.167. The van der Waals surface area contributed by atoms with Crippen LogP contribution in [0.1, 0.15) is 16.8 Å². The van der Waals surface area contributed by atoms with Crippen molar-refractivity contribution in [2.24, 2.45) is 0 Å². The highest BCUT2D eigenvalue weighted by Gasteiger charge is 2.23. The fourth-order valence-electron chi connectivity index (χ4n) is 3.09. The van der Waals surface area contributed by atoms with Gasteiger partial charge in [0.1, 0.15) is 5.82 Å². The first-order chi connectivity index (χ1) is 10.3. The van der Waals surface area contributed by atoms with Gasteiger partial charge < -0.3 is 4.98 Å². The van der Waals surface area contributed by atoms with Gasteiger partial charge in [0.15, 0.2) is 0 Å². The number of H-pyrrole nitrogens is 1. The predicted molar refractivity (Wildman–Crippen MR) is 80.3 cm³/mol. The number of benzene rings is 1. The second-order valence-corrected chi connectivity index (χ2v) is 5.59. The van der Waals surface area contributed by atoms with E-state index in [2.05, 4.69) is 27.0 Å². The summed E-state index contributed by atoms with van der Waals surface area (Å²) in [6, 6.07) is 9.08. The first kappa shape index (κ1) is 12.5. The maximum absolute atomic E-state index is 13.4. The molecule has 0 spiro atoms. The molecule has 2 aromatic heterocycles. The maximum Gasteiger partial charge on any atom is 0.123 e. The van der Waals surface area contributed by atoms with Gasteiger partial charge in [0, 0.05) is 48.6 Å². The van der Waals surface area contributed by atoms with E-state index in [0.29, 0.717) is 0 Å². The summed E-state index contributed by atoms with van der Waals surface area (Å²) < 4.78 is 13.4. The maximum atomic E-state index is 13.4. The highest BCUT2D eigenvalue weighted by atomic mass is 19.1. The second-order valence-electron chi connectivity index (χ2n) is 5.59. The molecule has 4 heteroatoms. The highest BCUT2D eigenvalue weighted by Crippen LogP contribution is 2.30. The number of hydrogen-bond donors (Lipinski definition) is 1. The molecule has 3 heterocycles. The third-order valence-electron chi connectivity index (χ3n) is 4.19. The van der Waals surface area contributed by atoms with E-state index in [1.807, 2.05) is 18.5 Å². The van der Waals surface area contributed by atoms with Crippen molar-refractivity contribution >= 4 is 10.9 Å². The van der Waals surface area contributed by atoms with Crippen molar-refractivity contribution in [2.75, 3.05) is 6.54 Å². The van der Waals surface area contributed by atoms with Crippen LogP contribution in [0.25, 0.3) is 10.9 Å². The molecule has 1 aromatic carbocycles. The summed E-state index contributed by atoms with van der Waals surface area (Å²) in [5.74, 6) is -0.167. The third-order valence-corrected chi connectivity index (χ3v) is 4.19. The van der Waals surface area contributed by atoms with E-state index >= 15 is 0 Å². The van der Waals surface area contributed by atoms with Gasteiger partial charge in [-0.1, -0.05) is 0 Å². The standard InChI is InChI=1S/C17H16FN3/c18-13-1-2-16-14(9-13)15-10-21(11-17(15)20-16)8-5-12-3-6-19-7-4-12/h1-4,6-7,9,20H,5,8,10-11H2. The first-order valence-electron chi connectivity index (χ1n) is 7.20. The van der Waals surface area contributed by atoms with Gasteiger partial charge in [-0.15, -0.1) is 0 Å². The minimum absolute atomic E-state index is 0.167. The lowest BCUT2D eigenvalue weighted by Gasteiger charge is -2.15. The molecular formula is C17H16FN3. The summed E-state index contributed by atoms with van der Waals surface area (Å²) in [6.45, 7) is 2.81. The van der Waals surface area contributed by atoms with Crippen molar-refractivity contribution in [3.63, 3.8) is 0 Å². The number of aromatic nitrogens is 2. The van der Waals surface area contributed by atoms with Crippen molar-refractivity contribution < 1.29 is 4.39 Å². The van der Waals surface area contributed by atoms with E-state index in [4.69, 9.17) is 0 Å². The molecule has 4 rings (SSSR count). The molecule has 0 atom stereocenters. The summed E-state index contributed by atoms with van der Waals surface area (Å²) >= 11 is 0. The number of halogens is 1. The molecule has 21 heavy (non-hydrogen) atoms. The Kier molecular flexibility index (Phi) is 2.97. The number of nitrogens with zero attached hydrogens (tertiary/aromatic N) is 2. The van der Waals surface area contributed by atoms with E-state index < -0.39 is 0 Å². The lowest BCUT2D eigenvalue weighted by atomic mass is 10.1. The van der Waals surface area contributed by atoms with E-state index in [-0.39, 0.29) is 5.82 Å². The molecule has 1 N–H and O–H groups in total. The van der Waals surface area contributed by atoms with Gasteiger partial charge in [-0.2, -0.15) is 0 Å². The van der Waals surface area contributed by atoms with Gasteiger partial charge in [0.05, 0.1) is 0 Å². The van der Waals surface area contributed by atoms with E-state index in [1.165, 1.54) is 22.9 Å². The first-order valence-corrected chi connectivity index (χ1v) is 7.20. The zero-order valence-corrected chi connectivity index (χ0v) is 11.6. The van der Waals surface area contributed by atoms with Crippen LogP contribution in [0.2, 0.25) is 0 Å². The van der Waals surface area contributed by atoms with Crippen LogP contribution in [0.3, 0.4) is 0 Å². The molecular weight excluding hydrogens is 265 g/mol. The molecule has 1 aliphatic heterocycles. The Morgan fingerprint density at radius 3 is 2.86 bits per heavy atom. The number of pyridine rings is 1. The van der Waals surface area contributed by atoms with Crippen LogP contribution in [-0.2, 0) is 19.5 Å². The number of nitrogens with one attached hydrogen (secondary N) is 1. The summed E-state index contributed by atoms with van der Waals surface area (Å²) in [5.41, 5.74) is 4.82. The molecule has 0 saturated carbocycles. The molecule has 0 unspecified atom stereocenters. The zero-order chi connectivity index (χ0) is 14.2. The number of hydrogen-bond acceptors (Lipinski definition) is 2. The summed E-state index contributed by atoms with van der Waals surface area (Å²) in [6.07, 6.45) is 4.68. The quantitative estimate of drug-likeness (QED) is 0.799. The third kappa shape index (κ3) is 2.32. The molecule has 0 fully saturated rings. The average molecular weight is 281 g/mol. The largest absolute Gasteiger partial charge is 0.357 e. The Labute approximate surface area is 122 Å². The number of aromatic amines is 1. The minimum Gasteiger partial charge on any atom is -0.357 e.